The summed E-state index contributed by atoms with van der Waals surface area (Å²) in [5.41, 5.74) is 2.82. The monoisotopic (exact) mass is 434 g/mol. The second-order valence-electron chi connectivity index (χ2n) is 6.83. The van der Waals surface area contributed by atoms with Gasteiger partial charge in [0.05, 0.1) is 0 Å². The fourth-order valence-corrected chi connectivity index (χ4v) is 3.94. The van der Waals surface area contributed by atoms with Crippen LogP contribution in [0.1, 0.15) is 26.4 Å². The quantitative estimate of drug-likeness (QED) is 0.365. The lowest BCUT2D eigenvalue weighted by atomic mass is 10.1. The topological polar surface area (TPSA) is 51.2 Å². The zero-order valence-corrected chi connectivity index (χ0v) is 17.8. The number of carbonyl (C=O) groups excluding carboxylic acids is 1. The predicted molar refractivity (Wildman–Crippen MR) is 122 cm³/mol. The lowest BCUT2D eigenvalue weighted by molar-refractivity contribution is 0.102. The highest BCUT2D eigenvalue weighted by molar-refractivity contribution is 7.15. The van der Waals surface area contributed by atoms with E-state index in [1.165, 1.54) is 16.9 Å². The first-order chi connectivity index (χ1) is 14.5. The number of nitrogens with zero attached hydrogens (tertiary/aromatic N) is 1. The first-order valence-corrected chi connectivity index (χ1v) is 10.6. The Morgan fingerprint density at radius 2 is 1.73 bits per heavy atom. The molecule has 3 aromatic carbocycles. The molecule has 150 valence electrons. The number of benzene rings is 3. The summed E-state index contributed by atoms with van der Waals surface area (Å²) in [6.45, 7) is 2.03. The zero-order valence-electron chi connectivity index (χ0n) is 16.3. The molecule has 0 fully saturated rings. The van der Waals surface area contributed by atoms with Crippen LogP contribution in [-0.4, -0.2) is 10.9 Å². The van der Waals surface area contributed by atoms with E-state index in [2.05, 4.69) is 10.3 Å². The van der Waals surface area contributed by atoms with Crippen molar-refractivity contribution < 1.29 is 9.53 Å². The highest BCUT2D eigenvalue weighted by Crippen LogP contribution is 2.24. The largest absolute Gasteiger partial charge is 0.457 e. The van der Waals surface area contributed by atoms with Gasteiger partial charge in [-0.15, -0.1) is 11.3 Å². The molecule has 0 aliphatic carbocycles. The highest BCUT2D eigenvalue weighted by Gasteiger charge is 2.10. The molecule has 0 aliphatic heterocycles. The van der Waals surface area contributed by atoms with Gasteiger partial charge in [-0.3, -0.25) is 10.1 Å². The third kappa shape index (κ3) is 5.26. The van der Waals surface area contributed by atoms with Gasteiger partial charge in [0.1, 0.15) is 11.5 Å². The smallest absolute Gasteiger partial charge is 0.257 e. The molecule has 4 aromatic rings. The Labute approximate surface area is 184 Å². The number of amides is 1. The van der Waals surface area contributed by atoms with Crippen LogP contribution in [-0.2, 0) is 6.42 Å². The van der Waals surface area contributed by atoms with Crippen LogP contribution in [0, 0.1) is 6.92 Å². The minimum atomic E-state index is -0.208. The van der Waals surface area contributed by atoms with E-state index in [0.29, 0.717) is 21.5 Å². The summed E-state index contributed by atoms with van der Waals surface area (Å²) in [4.78, 5) is 17.9. The zero-order chi connectivity index (χ0) is 20.9. The summed E-state index contributed by atoms with van der Waals surface area (Å²) >= 11 is 7.49. The number of ether oxygens (including phenoxy) is 1. The SMILES string of the molecule is Cc1ccc(Oc2ccc(C(=O)Nc3ncc(Cc4cccc(Cl)c4)s3)cc2)cc1. The molecule has 1 amide bonds. The Kier molecular flexibility index (Phi) is 6.12. The minimum Gasteiger partial charge on any atom is -0.457 e. The molecule has 1 aromatic heterocycles. The molecule has 0 unspecified atom stereocenters. The maximum Gasteiger partial charge on any atom is 0.257 e. The summed E-state index contributed by atoms with van der Waals surface area (Å²) < 4.78 is 5.80. The second kappa shape index (κ2) is 9.11. The molecule has 0 saturated carbocycles. The number of carbonyl (C=O) groups is 1. The maximum absolute atomic E-state index is 12.5. The van der Waals surface area contributed by atoms with Crippen LogP contribution >= 0.6 is 22.9 Å². The van der Waals surface area contributed by atoms with E-state index < -0.39 is 0 Å². The lowest BCUT2D eigenvalue weighted by Gasteiger charge is -2.07. The first kappa shape index (κ1) is 20.1. The molecule has 0 radical (unpaired) electrons. The van der Waals surface area contributed by atoms with Crippen molar-refractivity contribution in [1.29, 1.82) is 0 Å². The number of rotatable bonds is 6. The van der Waals surface area contributed by atoms with E-state index in [4.69, 9.17) is 16.3 Å². The molecule has 1 N–H and O–H groups in total. The second-order valence-corrected chi connectivity index (χ2v) is 8.38. The van der Waals surface area contributed by atoms with Crippen molar-refractivity contribution in [2.75, 3.05) is 5.32 Å². The van der Waals surface area contributed by atoms with Gasteiger partial charge in [0.25, 0.3) is 5.91 Å². The van der Waals surface area contributed by atoms with Crippen molar-refractivity contribution in [2.24, 2.45) is 0 Å². The number of hydrogen-bond donors (Lipinski definition) is 1. The summed E-state index contributed by atoms with van der Waals surface area (Å²) in [5, 5.41) is 4.13. The van der Waals surface area contributed by atoms with E-state index in [1.54, 1.807) is 30.5 Å². The van der Waals surface area contributed by atoms with Crippen LogP contribution in [0.3, 0.4) is 0 Å². The Morgan fingerprint density at radius 1 is 1.03 bits per heavy atom. The highest BCUT2D eigenvalue weighted by atomic mass is 35.5. The summed E-state index contributed by atoms with van der Waals surface area (Å²) in [6.07, 6.45) is 2.50. The Hall–Kier alpha value is -3.15. The standard InChI is InChI=1S/C24H19ClN2O2S/c1-16-5-9-20(10-6-16)29-21-11-7-18(8-12-21)23(28)27-24-26-15-22(30-24)14-17-3-2-4-19(25)13-17/h2-13,15H,14H2,1H3,(H,26,27,28). The number of aromatic nitrogens is 1. The van der Waals surface area contributed by atoms with Gasteiger partial charge >= 0.3 is 0 Å². The van der Waals surface area contributed by atoms with Crippen molar-refractivity contribution in [3.8, 4) is 11.5 Å². The van der Waals surface area contributed by atoms with Crippen molar-refractivity contribution >= 4 is 34.0 Å². The number of aryl methyl sites for hydroxylation is 1. The summed E-state index contributed by atoms with van der Waals surface area (Å²) in [5.74, 6) is 1.22. The summed E-state index contributed by atoms with van der Waals surface area (Å²) in [6, 6.07) is 22.6. The van der Waals surface area contributed by atoms with Crippen molar-refractivity contribution in [3.63, 3.8) is 0 Å². The normalized spacial score (nSPS) is 10.6. The molecule has 0 aliphatic rings. The number of halogens is 1. The fourth-order valence-electron chi connectivity index (χ4n) is 2.88. The van der Waals surface area contributed by atoms with Crippen molar-refractivity contribution in [3.05, 3.63) is 106 Å². The molecular formula is C24H19ClN2O2S. The molecule has 0 spiro atoms. The van der Waals surface area contributed by atoms with Gasteiger partial charge in [-0.1, -0.05) is 41.4 Å². The number of thiazole rings is 1. The fraction of sp³-hybridized carbons (Fsp3) is 0.0833. The van der Waals surface area contributed by atoms with Gasteiger partial charge in [0.15, 0.2) is 5.13 Å². The van der Waals surface area contributed by atoms with Gasteiger partial charge in [-0.05, 0) is 61.0 Å². The van der Waals surface area contributed by atoms with E-state index in [1.807, 2.05) is 55.5 Å². The maximum atomic E-state index is 12.5. The molecule has 1 heterocycles. The number of nitrogens with one attached hydrogen (secondary N) is 1. The predicted octanol–water partition coefficient (Wildman–Crippen LogP) is 6.74. The molecule has 4 nitrogen and oxygen atoms in total. The molecule has 0 atom stereocenters. The van der Waals surface area contributed by atoms with Gasteiger partial charge in [0, 0.05) is 28.1 Å². The average molecular weight is 435 g/mol. The van der Waals surface area contributed by atoms with Crippen LogP contribution in [0.15, 0.2) is 79.0 Å². The molecule has 6 heteroatoms. The lowest BCUT2D eigenvalue weighted by Crippen LogP contribution is -2.11. The average Bonchev–Trinajstić information content (AvgIpc) is 3.17. The Bertz CT molecular complexity index is 1150. The summed E-state index contributed by atoms with van der Waals surface area (Å²) in [7, 11) is 0. The van der Waals surface area contributed by atoms with Gasteiger partial charge < -0.3 is 4.74 Å². The van der Waals surface area contributed by atoms with Crippen LogP contribution in [0.25, 0.3) is 0 Å². The molecule has 0 bridgehead atoms. The number of anilines is 1. The number of hydrogen-bond acceptors (Lipinski definition) is 4. The van der Waals surface area contributed by atoms with E-state index in [9.17, 15) is 4.79 Å². The van der Waals surface area contributed by atoms with Crippen molar-refractivity contribution in [2.45, 2.75) is 13.3 Å². The van der Waals surface area contributed by atoms with E-state index in [-0.39, 0.29) is 5.91 Å². The van der Waals surface area contributed by atoms with E-state index in [0.717, 1.165) is 22.6 Å². The minimum absolute atomic E-state index is 0.208. The molecule has 30 heavy (non-hydrogen) atoms. The van der Waals surface area contributed by atoms with Crippen molar-refractivity contribution in [1.82, 2.24) is 4.98 Å². The van der Waals surface area contributed by atoms with E-state index >= 15 is 0 Å². The first-order valence-electron chi connectivity index (χ1n) is 9.40. The molecular weight excluding hydrogens is 416 g/mol. The van der Waals surface area contributed by atoms with Gasteiger partial charge in [-0.2, -0.15) is 0 Å². The Morgan fingerprint density at radius 3 is 2.43 bits per heavy atom. The Balaban J connectivity index is 1.37. The van der Waals surface area contributed by atoms with Gasteiger partial charge in [0.2, 0.25) is 0 Å². The third-order valence-corrected chi connectivity index (χ3v) is 5.56. The van der Waals surface area contributed by atoms with Crippen LogP contribution in [0.5, 0.6) is 11.5 Å². The van der Waals surface area contributed by atoms with Crippen LogP contribution in [0.2, 0.25) is 5.02 Å². The third-order valence-electron chi connectivity index (χ3n) is 4.41. The molecule has 0 saturated heterocycles. The molecule has 4 rings (SSSR count). The van der Waals surface area contributed by atoms with Crippen LogP contribution < -0.4 is 10.1 Å². The van der Waals surface area contributed by atoms with Crippen LogP contribution in [0.4, 0.5) is 5.13 Å². The van der Waals surface area contributed by atoms with Gasteiger partial charge in [-0.25, -0.2) is 4.98 Å².